The molecule has 0 spiro atoms. The first-order chi connectivity index (χ1) is 9.01. The van der Waals surface area contributed by atoms with Crippen molar-refractivity contribution in [2.75, 3.05) is 20.1 Å². The molecule has 1 heterocycles. The van der Waals surface area contributed by atoms with Crippen molar-refractivity contribution in [3.63, 3.8) is 0 Å². The standard InChI is InChI=1S/C15H28N4.HI/c1-15(2,3)8-7-9-17-14(16-4)18-10-13-19-11-5-6-12-19;/h5-6,11-12H,7-10,13H2,1-4H3,(H2,16,17,18);1H. The van der Waals surface area contributed by atoms with E-state index in [2.05, 4.69) is 53.4 Å². The smallest absolute Gasteiger partial charge is 0.191 e. The van der Waals surface area contributed by atoms with Crippen LogP contribution in [-0.4, -0.2) is 30.7 Å². The van der Waals surface area contributed by atoms with Gasteiger partial charge in [-0.2, -0.15) is 0 Å². The van der Waals surface area contributed by atoms with E-state index in [-0.39, 0.29) is 24.0 Å². The summed E-state index contributed by atoms with van der Waals surface area (Å²) >= 11 is 0. The van der Waals surface area contributed by atoms with Crippen molar-refractivity contribution in [1.29, 1.82) is 0 Å². The van der Waals surface area contributed by atoms with Gasteiger partial charge in [0.05, 0.1) is 0 Å². The van der Waals surface area contributed by atoms with E-state index in [1.807, 2.05) is 19.2 Å². The number of nitrogens with one attached hydrogen (secondary N) is 2. The highest BCUT2D eigenvalue weighted by atomic mass is 127. The molecule has 0 fully saturated rings. The molecule has 0 bridgehead atoms. The average Bonchev–Trinajstić information content (AvgIpc) is 2.84. The van der Waals surface area contributed by atoms with Gasteiger partial charge in [0.1, 0.15) is 0 Å². The fourth-order valence-electron chi connectivity index (χ4n) is 1.87. The van der Waals surface area contributed by atoms with Crippen LogP contribution in [0, 0.1) is 5.41 Å². The second-order valence-corrected chi connectivity index (χ2v) is 6.01. The Morgan fingerprint density at radius 3 is 2.25 bits per heavy atom. The second-order valence-electron chi connectivity index (χ2n) is 6.01. The zero-order valence-electron chi connectivity index (χ0n) is 13.1. The molecule has 4 nitrogen and oxygen atoms in total. The Morgan fingerprint density at radius 1 is 1.10 bits per heavy atom. The maximum absolute atomic E-state index is 4.23. The minimum atomic E-state index is 0. The van der Waals surface area contributed by atoms with E-state index in [9.17, 15) is 0 Å². The van der Waals surface area contributed by atoms with Gasteiger partial charge in [0, 0.05) is 39.1 Å². The van der Waals surface area contributed by atoms with E-state index in [4.69, 9.17) is 0 Å². The number of guanidine groups is 1. The van der Waals surface area contributed by atoms with Gasteiger partial charge in [-0.25, -0.2) is 0 Å². The first-order valence-corrected chi connectivity index (χ1v) is 7.06. The largest absolute Gasteiger partial charge is 0.356 e. The molecule has 5 heteroatoms. The van der Waals surface area contributed by atoms with E-state index in [1.54, 1.807) is 0 Å². The van der Waals surface area contributed by atoms with Gasteiger partial charge in [-0.3, -0.25) is 4.99 Å². The van der Waals surface area contributed by atoms with Gasteiger partial charge in [0.15, 0.2) is 5.96 Å². The Kier molecular flexibility index (Phi) is 9.71. The van der Waals surface area contributed by atoms with Crippen LogP contribution in [0.25, 0.3) is 0 Å². The Bertz CT molecular complexity index is 366. The van der Waals surface area contributed by atoms with Crippen LogP contribution in [0.4, 0.5) is 0 Å². The molecule has 0 saturated heterocycles. The van der Waals surface area contributed by atoms with Crippen molar-refractivity contribution >= 4 is 29.9 Å². The molecule has 0 unspecified atom stereocenters. The summed E-state index contributed by atoms with van der Waals surface area (Å²) in [6.45, 7) is 9.63. The average molecular weight is 392 g/mol. The molecule has 1 aromatic rings. The lowest BCUT2D eigenvalue weighted by Gasteiger charge is -2.18. The van der Waals surface area contributed by atoms with Crippen LogP contribution in [0.3, 0.4) is 0 Å². The molecule has 0 amide bonds. The molecular weight excluding hydrogens is 363 g/mol. The molecule has 20 heavy (non-hydrogen) atoms. The summed E-state index contributed by atoms with van der Waals surface area (Å²) in [6, 6.07) is 4.08. The summed E-state index contributed by atoms with van der Waals surface area (Å²) in [7, 11) is 1.81. The Labute approximate surface area is 140 Å². The third kappa shape index (κ3) is 9.23. The number of aliphatic imine (C=N–C) groups is 1. The van der Waals surface area contributed by atoms with E-state index in [1.165, 1.54) is 12.8 Å². The van der Waals surface area contributed by atoms with Crippen LogP contribution in [0.15, 0.2) is 29.5 Å². The Morgan fingerprint density at radius 2 is 1.70 bits per heavy atom. The monoisotopic (exact) mass is 392 g/mol. The van der Waals surface area contributed by atoms with Gasteiger partial charge < -0.3 is 15.2 Å². The quantitative estimate of drug-likeness (QED) is 0.338. The normalized spacial score (nSPS) is 11.9. The maximum atomic E-state index is 4.23. The van der Waals surface area contributed by atoms with Gasteiger partial charge in [-0.1, -0.05) is 20.8 Å². The van der Waals surface area contributed by atoms with E-state index in [0.717, 1.165) is 25.6 Å². The van der Waals surface area contributed by atoms with Crippen molar-refractivity contribution in [3.05, 3.63) is 24.5 Å². The van der Waals surface area contributed by atoms with Gasteiger partial charge in [0.25, 0.3) is 0 Å². The van der Waals surface area contributed by atoms with E-state index in [0.29, 0.717) is 5.41 Å². The van der Waals surface area contributed by atoms with E-state index >= 15 is 0 Å². The molecule has 0 aromatic carbocycles. The molecule has 0 saturated carbocycles. The summed E-state index contributed by atoms with van der Waals surface area (Å²) in [5, 5.41) is 6.68. The molecule has 0 aliphatic rings. The number of halogens is 1. The van der Waals surface area contributed by atoms with Crippen LogP contribution in [-0.2, 0) is 6.54 Å². The highest BCUT2D eigenvalue weighted by Crippen LogP contribution is 2.19. The van der Waals surface area contributed by atoms with Crippen molar-refractivity contribution in [2.24, 2.45) is 10.4 Å². The molecule has 0 aliphatic carbocycles. The highest BCUT2D eigenvalue weighted by Gasteiger charge is 2.08. The minimum Gasteiger partial charge on any atom is -0.356 e. The molecule has 116 valence electrons. The molecule has 0 radical (unpaired) electrons. The third-order valence-corrected chi connectivity index (χ3v) is 2.95. The molecule has 2 N–H and O–H groups in total. The first-order valence-electron chi connectivity index (χ1n) is 7.06. The maximum Gasteiger partial charge on any atom is 0.191 e. The molecule has 1 aromatic heterocycles. The lowest BCUT2D eigenvalue weighted by Crippen LogP contribution is -2.39. The van der Waals surface area contributed by atoms with Crippen molar-refractivity contribution in [2.45, 2.75) is 40.2 Å². The van der Waals surface area contributed by atoms with Gasteiger partial charge in [0.2, 0.25) is 0 Å². The number of hydrogen-bond donors (Lipinski definition) is 2. The van der Waals surface area contributed by atoms with Crippen molar-refractivity contribution in [1.82, 2.24) is 15.2 Å². The van der Waals surface area contributed by atoms with Gasteiger partial charge >= 0.3 is 0 Å². The second kappa shape index (κ2) is 10.1. The van der Waals surface area contributed by atoms with Gasteiger partial charge in [-0.15, -0.1) is 24.0 Å². The third-order valence-electron chi connectivity index (χ3n) is 2.95. The van der Waals surface area contributed by atoms with Crippen molar-refractivity contribution < 1.29 is 0 Å². The Balaban J connectivity index is 0.00000361. The summed E-state index contributed by atoms with van der Waals surface area (Å²) in [4.78, 5) is 4.23. The lowest BCUT2D eigenvalue weighted by molar-refractivity contribution is 0.365. The molecular formula is C15H29IN4. The highest BCUT2D eigenvalue weighted by molar-refractivity contribution is 14.0. The Hall–Kier alpha value is -0.720. The summed E-state index contributed by atoms with van der Waals surface area (Å²) < 4.78 is 2.15. The number of aromatic nitrogens is 1. The fourth-order valence-corrected chi connectivity index (χ4v) is 1.87. The first kappa shape index (κ1) is 19.3. The SMILES string of the molecule is CN=C(NCCCC(C)(C)C)NCCn1cccc1.I. The van der Waals surface area contributed by atoms with Crippen LogP contribution in [0.2, 0.25) is 0 Å². The topological polar surface area (TPSA) is 41.4 Å². The summed E-state index contributed by atoms with van der Waals surface area (Å²) in [5.41, 5.74) is 0.410. The molecule has 1 rings (SSSR count). The lowest BCUT2D eigenvalue weighted by atomic mass is 9.91. The van der Waals surface area contributed by atoms with Gasteiger partial charge in [-0.05, 0) is 30.4 Å². The molecule has 0 atom stereocenters. The van der Waals surface area contributed by atoms with E-state index < -0.39 is 0 Å². The van der Waals surface area contributed by atoms with Crippen LogP contribution >= 0.6 is 24.0 Å². The minimum absolute atomic E-state index is 0. The summed E-state index contributed by atoms with van der Waals surface area (Å²) in [5.74, 6) is 0.890. The van der Waals surface area contributed by atoms with Crippen LogP contribution < -0.4 is 10.6 Å². The number of rotatable bonds is 6. The summed E-state index contributed by atoms with van der Waals surface area (Å²) in [6.07, 6.45) is 6.53. The van der Waals surface area contributed by atoms with Crippen LogP contribution in [0.1, 0.15) is 33.6 Å². The predicted molar refractivity (Wildman–Crippen MR) is 97.9 cm³/mol. The fraction of sp³-hybridized carbons (Fsp3) is 0.667. The zero-order chi connectivity index (χ0) is 14.1. The predicted octanol–water partition coefficient (Wildman–Crippen LogP) is 3.10. The number of hydrogen-bond acceptors (Lipinski definition) is 1. The number of nitrogens with zero attached hydrogens (tertiary/aromatic N) is 2. The molecule has 0 aliphatic heterocycles. The zero-order valence-corrected chi connectivity index (χ0v) is 15.5. The van der Waals surface area contributed by atoms with Crippen LogP contribution in [0.5, 0.6) is 0 Å². The van der Waals surface area contributed by atoms with Crippen molar-refractivity contribution in [3.8, 4) is 0 Å².